The van der Waals surface area contributed by atoms with Gasteiger partial charge in [-0.2, -0.15) is 5.10 Å². The maximum absolute atomic E-state index is 12.4. The van der Waals surface area contributed by atoms with Crippen LogP contribution in [0.1, 0.15) is 36.8 Å². The number of H-pyrrole nitrogens is 1. The lowest BCUT2D eigenvalue weighted by Gasteiger charge is -2.26. The Morgan fingerprint density at radius 2 is 1.97 bits per heavy atom. The Hall–Kier alpha value is -2.51. The number of ether oxygens (including phenoxy) is 1. The van der Waals surface area contributed by atoms with Crippen molar-refractivity contribution in [1.82, 2.24) is 15.1 Å². The second kappa shape index (κ2) is 9.33. The quantitative estimate of drug-likeness (QED) is 0.783. The van der Waals surface area contributed by atoms with Gasteiger partial charge in [0.1, 0.15) is 0 Å². The van der Waals surface area contributed by atoms with E-state index in [0.29, 0.717) is 6.42 Å². The molecule has 1 aliphatic carbocycles. The van der Waals surface area contributed by atoms with Crippen LogP contribution < -0.4 is 10.9 Å². The third kappa shape index (κ3) is 4.92. The minimum absolute atomic E-state index is 0.0202. The summed E-state index contributed by atoms with van der Waals surface area (Å²) >= 11 is 0. The largest absolute Gasteiger partial charge is 0.379 e. The summed E-state index contributed by atoms with van der Waals surface area (Å²) in [6.07, 6.45) is 5.12. The number of aromatic nitrogens is 2. The van der Waals surface area contributed by atoms with E-state index in [1.54, 1.807) is 0 Å². The maximum Gasteiger partial charge on any atom is 0.267 e. The molecule has 1 aliphatic heterocycles. The summed E-state index contributed by atoms with van der Waals surface area (Å²) in [5.41, 5.74) is 4.34. The van der Waals surface area contributed by atoms with E-state index < -0.39 is 0 Å². The van der Waals surface area contributed by atoms with E-state index in [1.165, 1.54) is 0 Å². The second-order valence-electron chi connectivity index (χ2n) is 7.75. The van der Waals surface area contributed by atoms with Crippen molar-refractivity contribution < 1.29 is 9.53 Å². The van der Waals surface area contributed by atoms with E-state index in [9.17, 15) is 9.59 Å². The van der Waals surface area contributed by atoms with Crippen molar-refractivity contribution in [3.8, 4) is 11.3 Å². The van der Waals surface area contributed by atoms with E-state index >= 15 is 0 Å². The van der Waals surface area contributed by atoms with Gasteiger partial charge in [-0.3, -0.25) is 14.5 Å². The molecule has 1 saturated heterocycles. The van der Waals surface area contributed by atoms with Crippen LogP contribution >= 0.6 is 0 Å². The molecular formula is C22H28N4O3. The zero-order valence-corrected chi connectivity index (χ0v) is 16.7. The first-order valence-corrected chi connectivity index (χ1v) is 10.5. The molecule has 0 spiro atoms. The maximum atomic E-state index is 12.4. The lowest BCUT2D eigenvalue weighted by molar-refractivity contribution is -0.116. The van der Waals surface area contributed by atoms with Gasteiger partial charge in [0, 0.05) is 36.3 Å². The van der Waals surface area contributed by atoms with E-state index in [4.69, 9.17) is 4.74 Å². The first kappa shape index (κ1) is 19.8. The van der Waals surface area contributed by atoms with Gasteiger partial charge in [0.15, 0.2) is 0 Å². The fraction of sp³-hybridized carbons (Fsp3) is 0.500. The van der Waals surface area contributed by atoms with Crippen LogP contribution in [0.2, 0.25) is 0 Å². The minimum atomic E-state index is -0.0758. The predicted molar refractivity (Wildman–Crippen MR) is 112 cm³/mol. The number of aromatic amines is 1. The van der Waals surface area contributed by atoms with Gasteiger partial charge < -0.3 is 10.1 Å². The molecule has 2 aromatic rings. The number of morpholine rings is 1. The van der Waals surface area contributed by atoms with Gasteiger partial charge in [-0.15, -0.1) is 0 Å². The molecule has 0 bridgehead atoms. The van der Waals surface area contributed by atoms with Gasteiger partial charge in [0.05, 0.1) is 18.9 Å². The number of anilines is 1. The first-order valence-electron chi connectivity index (χ1n) is 10.5. The standard InChI is InChI=1S/C22H28N4O3/c27-20(9-4-10-26-11-13-29-14-12-26)23-17-6-3-5-16(15-17)21-18-7-1-2-8-19(18)22(28)25-24-21/h3,5-6,15H,1-2,4,7-14H2,(H,23,27)(H,25,28). The highest BCUT2D eigenvalue weighted by Crippen LogP contribution is 2.29. The molecule has 29 heavy (non-hydrogen) atoms. The molecule has 0 atom stereocenters. The first-order chi connectivity index (χ1) is 14.2. The Morgan fingerprint density at radius 3 is 2.79 bits per heavy atom. The summed E-state index contributed by atoms with van der Waals surface area (Å²) in [6, 6.07) is 7.72. The molecule has 2 heterocycles. The van der Waals surface area contributed by atoms with Gasteiger partial charge in [-0.05, 0) is 56.3 Å². The smallest absolute Gasteiger partial charge is 0.267 e. The van der Waals surface area contributed by atoms with Crippen molar-refractivity contribution in [2.24, 2.45) is 0 Å². The predicted octanol–water partition coefficient (Wildman–Crippen LogP) is 2.37. The molecule has 0 saturated carbocycles. The van der Waals surface area contributed by atoms with Crippen molar-refractivity contribution in [1.29, 1.82) is 0 Å². The molecule has 154 valence electrons. The molecular weight excluding hydrogens is 368 g/mol. The monoisotopic (exact) mass is 396 g/mol. The number of hydrogen-bond acceptors (Lipinski definition) is 5. The van der Waals surface area contributed by atoms with Crippen LogP contribution in [0.5, 0.6) is 0 Å². The van der Waals surface area contributed by atoms with Gasteiger partial charge >= 0.3 is 0 Å². The van der Waals surface area contributed by atoms with Crippen LogP contribution in [0, 0.1) is 0 Å². The van der Waals surface area contributed by atoms with Gasteiger partial charge in [0.2, 0.25) is 5.91 Å². The van der Waals surface area contributed by atoms with Gasteiger partial charge in [0.25, 0.3) is 5.56 Å². The summed E-state index contributed by atoms with van der Waals surface area (Å²) in [4.78, 5) is 26.8. The van der Waals surface area contributed by atoms with Crippen molar-refractivity contribution in [2.75, 3.05) is 38.2 Å². The molecule has 1 aromatic carbocycles. The number of nitrogens with zero attached hydrogens (tertiary/aromatic N) is 2. The molecule has 1 aromatic heterocycles. The summed E-state index contributed by atoms with van der Waals surface area (Å²) in [6.45, 7) is 4.37. The highest BCUT2D eigenvalue weighted by Gasteiger charge is 2.19. The second-order valence-corrected chi connectivity index (χ2v) is 7.75. The average molecular weight is 396 g/mol. The number of rotatable bonds is 6. The van der Waals surface area contributed by atoms with Gasteiger partial charge in [-0.1, -0.05) is 12.1 Å². The van der Waals surface area contributed by atoms with E-state index in [1.807, 2.05) is 24.3 Å². The molecule has 0 unspecified atom stereocenters. The Bertz CT molecular complexity index is 919. The van der Waals surface area contributed by atoms with Crippen LogP contribution in [0.15, 0.2) is 29.1 Å². The zero-order valence-electron chi connectivity index (χ0n) is 16.7. The number of nitrogens with one attached hydrogen (secondary N) is 2. The van der Waals surface area contributed by atoms with Crippen LogP contribution in [-0.4, -0.2) is 53.9 Å². The van der Waals surface area contributed by atoms with Crippen LogP contribution in [-0.2, 0) is 22.4 Å². The van der Waals surface area contributed by atoms with Crippen molar-refractivity contribution in [2.45, 2.75) is 38.5 Å². The number of benzene rings is 1. The fourth-order valence-electron chi connectivity index (χ4n) is 4.15. The third-order valence-corrected chi connectivity index (χ3v) is 5.70. The third-order valence-electron chi connectivity index (χ3n) is 5.70. The fourth-order valence-corrected chi connectivity index (χ4v) is 4.15. The van der Waals surface area contributed by atoms with Crippen molar-refractivity contribution >= 4 is 11.6 Å². The molecule has 1 fully saturated rings. The summed E-state index contributed by atoms with van der Waals surface area (Å²) in [5.74, 6) is 0.0202. The Labute approximate surface area is 170 Å². The Kier molecular flexibility index (Phi) is 6.36. The van der Waals surface area contributed by atoms with Gasteiger partial charge in [-0.25, -0.2) is 5.10 Å². The van der Waals surface area contributed by atoms with E-state index in [-0.39, 0.29) is 11.5 Å². The molecule has 4 rings (SSSR count). The van der Waals surface area contributed by atoms with Crippen LogP contribution in [0.4, 0.5) is 5.69 Å². The SMILES string of the molecule is O=C(CCCN1CCOCC1)Nc1cccc(-c2n[nH]c(=O)c3c2CCCC3)c1. The molecule has 7 nitrogen and oxygen atoms in total. The molecule has 1 amide bonds. The van der Waals surface area contributed by atoms with E-state index in [0.717, 1.165) is 93.0 Å². The highest BCUT2D eigenvalue weighted by atomic mass is 16.5. The summed E-state index contributed by atoms with van der Waals surface area (Å²) in [5, 5.41) is 9.96. The molecule has 0 radical (unpaired) electrons. The lowest BCUT2D eigenvalue weighted by Crippen LogP contribution is -2.37. The Morgan fingerprint density at radius 1 is 1.17 bits per heavy atom. The van der Waals surface area contributed by atoms with Crippen molar-refractivity contribution in [3.63, 3.8) is 0 Å². The number of carbonyl (C=O) groups is 1. The van der Waals surface area contributed by atoms with Crippen LogP contribution in [0.3, 0.4) is 0 Å². The van der Waals surface area contributed by atoms with E-state index in [2.05, 4.69) is 20.4 Å². The average Bonchev–Trinajstić information content (AvgIpc) is 2.75. The number of amides is 1. The topological polar surface area (TPSA) is 87.3 Å². The molecule has 2 aliphatic rings. The summed E-state index contributed by atoms with van der Waals surface area (Å²) in [7, 11) is 0. The van der Waals surface area contributed by atoms with Crippen LogP contribution in [0.25, 0.3) is 11.3 Å². The zero-order chi connectivity index (χ0) is 20.1. The molecule has 7 heteroatoms. The lowest BCUT2D eigenvalue weighted by atomic mass is 9.90. The number of fused-ring (bicyclic) bond motifs is 1. The molecule has 2 N–H and O–H groups in total. The minimum Gasteiger partial charge on any atom is -0.379 e. The van der Waals surface area contributed by atoms with Crippen molar-refractivity contribution in [3.05, 3.63) is 45.7 Å². The summed E-state index contributed by atoms with van der Waals surface area (Å²) < 4.78 is 5.35. The highest BCUT2D eigenvalue weighted by molar-refractivity contribution is 5.91. The Balaban J connectivity index is 1.40. The number of hydrogen-bond donors (Lipinski definition) is 2. The number of carbonyl (C=O) groups excluding carboxylic acids is 1. The normalized spacial score (nSPS) is 17.0.